The second-order valence-electron chi connectivity index (χ2n) is 7.05. The molecule has 1 fully saturated rings. The molecule has 0 radical (unpaired) electrons. The Bertz CT molecular complexity index is 818. The van der Waals surface area contributed by atoms with Crippen LogP contribution < -0.4 is 5.73 Å². The predicted molar refractivity (Wildman–Crippen MR) is 111 cm³/mol. The van der Waals surface area contributed by atoms with Crippen LogP contribution in [0.4, 0.5) is 5.69 Å². The molecule has 0 unspecified atom stereocenters. The molecule has 0 aromatic heterocycles. The van der Waals surface area contributed by atoms with Crippen molar-refractivity contribution in [3.63, 3.8) is 0 Å². The molecule has 0 atom stereocenters. The van der Waals surface area contributed by atoms with Gasteiger partial charge < -0.3 is 5.73 Å². The van der Waals surface area contributed by atoms with E-state index in [1.807, 2.05) is 54.6 Å². The zero-order valence-corrected chi connectivity index (χ0v) is 16.6. The lowest BCUT2D eigenvalue weighted by atomic mass is 10.1. The van der Waals surface area contributed by atoms with E-state index in [4.69, 9.17) is 5.73 Å². The first-order valence-electron chi connectivity index (χ1n) is 9.70. The third-order valence-electron chi connectivity index (χ3n) is 5.15. The lowest BCUT2D eigenvalue weighted by Gasteiger charge is -2.32. The first kappa shape index (κ1) is 19.9. The van der Waals surface area contributed by atoms with Crippen LogP contribution in [-0.2, 0) is 23.1 Å². The highest BCUT2D eigenvalue weighted by molar-refractivity contribution is 7.86. The Kier molecular flexibility index (Phi) is 6.88. The van der Waals surface area contributed by atoms with E-state index >= 15 is 0 Å². The van der Waals surface area contributed by atoms with Crippen molar-refractivity contribution in [2.24, 2.45) is 0 Å². The Morgan fingerprint density at radius 1 is 0.852 bits per heavy atom. The van der Waals surface area contributed by atoms with E-state index < -0.39 is 10.2 Å². The first-order valence-corrected chi connectivity index (χ1v) is 11.1. The Labute approximate surface area is 163 Å². The van der Waals surface area contributed by atoms with Gasteiger partial charge in [-0.1, -0.05) is 55.0 Å². The second kappa shape index (κ2) is 9.35. The minimum atomic E-state index is -3.45. The van der Waals surface area contributed by atoms with E-state index in [1.54, 1.807) is 8.61 Å². The molecule has 1 saturated heterocycles. The SMILES string of the molecule is Nc1ccccc1CCN(CCc1ccccc1)S(=O)(=O)N1CCCCC1. The molecule has 146 valence electrons. The molecule has 3 rings (SSSR count). The molecular weight excluding hydrogens is 358 g/mol. The van der Waals surface area contributed by atoms with Crippen LogP contribution in [0, 0.1) is 0 Å². The third-order valence-corrected chi connectivity index (χ3v) is 7.18. The van der Waals surface area contributed by atoms with E-state index in [9.17, 15) is 8.42 Å². The number of nitrogens with two attached hydrogens (primary N) is 1. The van der Waals surface area contributed by atoms with Gasteiger partial charge in [-0.05, 0) is 42.9 Å². The molecule has 2 aromatic carbocycles. The highest BCUT2D eigenvalue weighted by Gasteiger charge is 2.30. The highest BCUT2D eigenvalue weighted by atomic mass is 32.2. The highest BCUT2D eigenvalue weighted by Crippen LogP contribution is 2.19. The summed E-state index contributed by atoms with van der Waals surface area (Å²) in [5.74, 6) is 0. The van der Waals surface area contributed by atoms with Crippen LogP contribution in [0.3, 0.4) is 0 Å². The summed E-state index contributed by atoms with van der Waals surface area (Å²) in [6.45, 7) is 2.17. The minimum absolute atomic E-state index is 0.444. The number of nitrogen functional groups attached to an aromatic ring is 1. The molecule has 2 N–H and O–H groups in total. The van der Waals surface area contributed by atoms with Crippen LogP contribution in [0.25, 0.3) is 0 Å². The van der Waals surface area contributed by atoms with Gasteiger partial charge in [0.25, 0.3) is 10.2 Å². The normalized spacial score (nSPS) is 15.9. The van der Waals surface area contributed by atoms with Gasteiger partial charge in [-0.2, -0.15) is 17.0 Å². The molecule has 0 saturated carbocycles. The summed E-state index contributed by atoms with van der Waals surface area (Å²) in [7, 11) is -3.45. The van der Waals surface area contributed by atoms with E-state index in [-0.39, 0.29) is 0 Å². The quantitative estimate of drug-likeness (QED) is 0.708. The molecule has 0 spiro atoms. The summed E-state index contributed by atoms with van der Waals surface area (Å²) < 4.78 is 29.8. The molecule has 6 heteroatoms. The maximum Gasteiger partial charge on any atom is 0.281 e. The van der Waals surface area contributed by atoms with E-state index in [0.717, 1.165) is 36.1 Å². The van der Waals surface area contributed by atoms with E-state index in [1.165, 1.54) is 0 Å². The van der Waals surface area contributed by atoms with Gasteiger partial charge in [-0.3, -0.25) is 0 Å². The smallest absolute Gasteiger partial charge is 0.281 e. The third kappa shape index (κ3) is 5.31. The van der Waals surface area contributed by atoms with Crippen molar-refractivity contribution in [2.75, 3.05) is 31.9 Å². The Morgan fingerprint density at radius 2 is 1.48 bits per heavy atom. The maximum atomic E-state index is 13.2. The predicted octanol–water partition coefficient (Wildman–Crippen LogP) is 3.09. The molecule has 27 heavy (non-hydrogen) atoms. The standard InChI is InChI=1S/C21H29N3O2S/c22-21-12-6-5-11-20(21)14-18-24(17-13-19-9-3-1-4-10-19)27(25,26)23-15-7-2-8-16-23/h1,3-6,9-12H,2,7-8,13-18,22H2. The van der Waals surface area contributed by atoms with Gasteiger partial charge in [0.15, 0.2) is 0 Å². The van der Waals surface area contributed by atoms with Crippen molar-refractivity contribution in [1.29, 1.82) is 0 Å². The molecule has 1 aliphatic rings. The fourth-order valence-corrected chi connectivity index (χ4v) is 5.20. The lowest BCUT2D eigenvalue weighted by Crippen LogP contribution is -2.47. The Balaban J connectivity index is 1.74. The second-order valence-corrected chi connectivity index (χ2v) is 8.98. The largest absolute Gasteiger partial charge is 0.399 e. The minimum Gasteiger partial charge on any atom is -0.399 e. The number of benzene rings is 2. The molecular formula is C21H29N3O2S. The Morgan fingerprint density at radius 3 is 2.19 bits per heavy atom. The molecule has 5 nitrogen and oxygen atoms in total. The van der Waals surface area contributed by atoms with Crippen molar-refractivity contribution in [3.05, 3.63) is 65.7 Å². The Hall–Kier alpha value is -1.89. The number of piperidine rings is 1. The zero-order valence-electron chi connectivity index (χ0n) is 15.8. The number of hydrogen-bond acceptors (Lipinski definition) is 3. The van der Waals surface area contributed by atoms with Crippen LogP contribution in [-0.4, -0.2) is 43.2 Å². The van der Waals surface area contributed by atoms with Gasteiger partial charge >= 0.3 is 0 Å². The van der Waals surface area contributed by atoms with Gasteiger partial charge in [0.05, 0.1) is 0 Å². The topological polar surface area (TPSA) is 66.6 Å². The number of rotatable bonds is 8. The maximum absolute atomic E-state index is 13.2. The van der Waals surface area contributed by atoms with Gasteiger partial charge in [-0.15, -0.1) is 0 Å². The van der Waals surface area contributed by atoms with Crippen molar-refractivity contribution < 1.29 is 8.42 Å². The monoisotopic (exact) mass is 387 g/mol. The van der Waals surface area contributed by atoms with Gasteiger partial charge in [-0.25, -0.2) is 0 Å². The van der Waals surface area contributed by atoms with Crippen molar-refractivity contribution in [2.45, 2.75) is 32.1 Å². The summed E-state index contributed by atoms with van der Waals surface area (Å²) in [6, 6.07) is 17.7. The van der Waals surface area contributed by atoms with Crippen LogP contribution in [0.2, 0.25) is 0 Å². The summed E-state index contributed by atoms with van der Waals surface area (Å²) in [5, 5.41) is 0. The van der Waals surface area contributed by atoms with Gasteiger partial charge in [0.2, 0.25) is 0 Å². The van der Waals surface area contributed by atoms with Crippen molar-refractivity contribution in [3.8, 4) is 0 Å². The summed E-state index contributed by atoms with van der Waals surface area (Å²) >= 11 is 0. The van der Waals surface area contributed by atoms with Crippen LogP contribution in [0.15, 0.2) is 54.6 Å². The number of hydrogen-bond donors (Lipinski definition) is 1. The fourth-order valence-electron chi connectivity index (χ4n) is 3.51. The molecule has 0 aliphatic carbocycles. The number of anilines is 1. The molecule has 1 heterocycles. The van der Waals surface area contributed by atoms with Gasteiger partial charge in [0, 0.05) is 31.9 Å². The van der Waals surface area contributed by atoms with E-state index in [2.05, 4.69) is 0 Å². The van der Waals surface area contributed by atoms with Crippen LogP contribution in [0.5, 0.6) is 0 Å². The average molecular weight is 388 g/mol. The van der Waals surface area contributed by atoms with E-state index in [0.29, 0.717) is 39.0 Å². The summed E-state index contributed by atoms with van der Waals surface area (Å²) in [4.78, 5) is 0. The zero-order chi connectivity index (χ0) is 19.1. The van der Waals surface area contributed by atoms with Gasteiger partial charge in [0.1, 0.15) is 0 Å². The summed E-state index contributed by atoms with van der Waals surface area (Å²) in [6.07, 6.45) is 4.32. The van der Waals surface area contributed by atoms with Crippen LogP contribution >= 0.6 is 0 Å². The van der Waals surface area contributed by atoms with Crippen molar-refractivity contribution >= 4 is 15.9 Å². The number of nitrogens with zero attached hydrogens (tertiary/aromatic N) is 2. The lowest BCUT2D eigenvalue weighted by molar-refractivity contribution is 0.303. The average Bonchev–Trinajstić information content (AvgIpc) is 2.70. The number of para-hydroxylation sites is 1. The molecule has 0 amide bonds. The van der Waals surface area contributed by atoms with Crippen LogP contribution in [0.1, 0.15) is 30.4 Å². The van der Waals surface area contributed by atoms with Crippen molar-refractivity contribution in [1.82, 2.24) is 8.61 Å². The molecule has 1 aliphatic heterocycles. The summed E-state index contributed by atoms with van der Waals surface area (Å²) in [5.41, 5.74) is 8.91. The fraction of sp³-hybridized carbons (Fsp3) is 0.429. The molecule has 0 bridgehead atoms. The first-order chi connectivity index (χ1) is 13.1. The molecule has 2 aromatic rings.